The number of hydrogen-bond acceptors (Lipinski definition) is 6. The summed E-state index contributed by atoms with van der Waals surface area (Å²) in [6, 6.07) is 4.95. The van der Waals surface area contributed by atoms with Crippen LogP contribution < -0.4 is 20.5 Å². The summed E-state index contributed by atoms with van der Waals surface area (Å²) in [4.78, 5) is 20.5. The van der Waals surface area contributed by atoms with Gasteiger partial charge in [-0.15, -0.1) is 0 Å². The van der Waals surface area contributed by atoms with Gasteiger partial charge in [0.05, 0.1) is 38.9 Å². The van der Waals surface area contributed by atoms with E-state index in [1.807, 2.05) is 10.5 Å². The quantitative estimate of drug-likeness (QED) is 0.665. The molecule has 1 atom stereocenters. The standard InChI is InChI=1S/C18H21N5O3/c1-25-15-4-3-12(7-16(15)26-2)14(19)8-18(24)22-10-13-9-21-17-11-20-5-6-23(13)17/h3-7,9,11,14H,8,10,19H2,1-2H3,(H,22,24)/t14-/m0/s1. The van der Waals surface area contributed by atoms with Crippen LogP contribution in [0.4, 0.5) is 0 Å². The highest BCUT2D eigenvalue weighted by Crippen LogP contribution is 2.30. The van der Waals surface area contributed by atoms with E-state index in [2.05, 4.69) is 15.3 Å². The number of methoxy groups -OCH3 is 2. The average Bonchev–Trinajstić information content (AvgIpc) is 3.09. The third-order valence-electron chi connectivity index (χ3n) is 4.10. The molecule has 0 spiro atoms. The lowest BCUT2D eigenvalue weighted by Crippen LogP contribution is -2.27. The van der Waals surface area contributed by atoms with Gasteiger partial charge in [0.15, 0.2) is 17.1 Å². The van der Waals surface area contributed by atoms with Gasteiger partial charge < -0.3 is 20.5 Å². The van der Waals surface area contributed by atoms with Crippen LogP contribution in [0, 0.1) is 0 Å². The second kappa shape index (κ2) is 7.83. The Bertz CT molecular complexity index is 909. The molecule has 136 valence electrons. The summed E-state index contributed by atoms with van der Waals surface area (Å²) in [6.45, 7) is 0.364. The molecular weight excluding hydrogens is 334 g/mol. The van der Waals surface area contributed by atoms with Gasteiger partial charge in [0.2, 0.25) is 5.91 Å². The van der Waals surface area contributed by atoms with Crippen LogP contribution in [0.3, 0.4) is 0 Å². The van der Waals surface area contributed by atoms with E-state index in [1.165, 1.54) is 0 Å². The highest BCUT2D eigenvalue weighted by molar-refractivity contribution is 5.76. The number of nitrogens with zero attached hydrogens (tertiary/aromatic N) is 3. The third-order valence-corrected chi connectivity index (χ3v) is 4.10. The number of benzene rings is 1. The molecule has 3 N–H and O–H groups in total. The van der Waals surface area contributed by atoms with Crippen LogP contribution in [0.25, 0.3) is 5.65 Å². The lowest BCUT2D eigenvalue weighted by molar-refractivity contribution is -0.121. The lowest BCUT2D eigenvalue weighted by atomic mass is 10.0. The molecule has 1 aromatic carbocycles. The van der Waals surface area contributed by atoms with Gasteiger partial charge in [-0.05, 0) is 17.7 Å². The number of fused-ring (bicyclic) bond motifs is 1. The number of rotatable bonds is 7. The van der Waals surface area contributed by atoms with Crippen molar-refractivity contribution in [1.29, 1.82) is 0 Å². The second-order valence-electron chi connectivity index (χ2n) is 5.76. The number of carbonyl (C=O) groups is 1. The van der Waals surface area contributed by atoms with Crippen molar-refractivity contribution in [2.24, 2.45) is 5.73 Å². The molecular formula is C18H21N5O3. The van der Waals surface area contributed by atoms with E-state index in [1.54, 1.807) is 51.1 Å². The van der Waals surface area contributed by atoms with Crippen LogP contribution in [0.15, 0.2) is 43.0 Å². The number of imidazole rings is 1. The molecule has 0 bridgehead atoms. The second-order valence-corrected chi connectivity index (χ2v) is 5.76. The number of nitrogens with one attached hydrogen (secondary N) is 1. The molecule has 0 aliphatic heterocycles. The molecule has 0 unspecified atom stereocenters. The third kappa shape index (κ3) is 3.75. The van der Waals surface area contributed by atoms with Crippen molar-refractivity contribution in [3.05, 3.63) is 54.2 Å². The monoisotopic (exact) mass is 355 g/mol. The van der Waals surface area contributed by atoms with Gasteiger partial charge in [-0.25, -0.2) is 4.98 Å². The van der Waals surface area contributed by atoms with E-state index < -0.39 is 6.04 Å². The summed E-state index contributed by atoms with van der Waals surface area (Å²) < 4.78 is 12.4. The number of nitrogens with two attached hydrogens (primary N) is 1. The minimum absolute atomic E-state index is 0.142. The Morgan fingerprint density at radius 2 is 2.08 bits per heavy atom. The number of aromatic nitrogens is 3. The van der Waals surface area contributed by atoms with Crippen molar-refractivity contribution in [3.8, 4) is 11.5 Å². The SMILES string of the molecule is COc1ccc([C@@H](N)CC(=O)NCc2cnc3cnccn23)cc1OC. The van der Waals surface area contributed by atoms with Crippen molar-refractivity contribution in [2.75, 3.05) is 14.2 Å². The topological polar surface area (TPSA) is 104 Å². The van der Waals surface area contributed by atoms with Gasteiger partial charge in [0, 0.05) is 24.9 Å². The molecule has 2 heterocycles. The molecule has 0 aliphatic carbocycles. The fourth-order valence-corrected chi connectivity index (χ4v) is 2.69. The fourth-order valence-electron chi connectivity index (χ4n) is 2.69. The first-order valence-electron chi connectivity index (χ1n) is 8.12. The van der Waals surface area contributed by atoms with Crippen LogP contribution in [0.2, 0.25) is 0 Å². The molecule has 0 saturated heterocycles. The average molecular weight is 355 g/mol. The largest absolute Gasteiger partial charge is 0.493 e. The summed E-state index contributed by atoms with van der Waals surface area (Å²) >= 11 is 0. The normalized spacial score (nSPS) is 12.0. The molecule has 0 radical (unpaired) electrons. The predicted octanol–water partition coefficient (Wildman–Crippen LogP) is 1.45. The Kier molecular flexibility index (Phi) is 5.33. The minimum Gasteiger partial charge on any atom is -0.493 e. The number of hydrogen-bond donors (Lipinski definition) is 2. The smallest absolute Gasteiger partial charge is 0.222 e. The van der Waals surface area contributed by atoms with E-state index in [9.17, 15) is 4.79 Å². The van der Waals surface area contributed by atoms with Crippen LogP contribution in [-0.2, 0) is 11.3 Å². The Hall–Kier alpha value is -3.13. The molecule has 0 fully saturated rings. The Labute approximate surface area is 151 Å². The van der Waals surface area contributed by atoms with Crippen LogP contribution >= 0.6 is 0 Å². The number of ether oxygens (including phenoxy) is 2. The van der Waals surface area contributed by atoms with E-state index >= 15 is 0 Å². The summed E-state index contributed by atoms with van der Waals surface area (Å²) in [5.74, 6) is 1.06. The first-order valence-corrected chi connectivity index (χ1v) is 8.12. The summed E-state index contributed by atoms with van der Waals surface area (Å²) in [5, 5.41) is 2.87. The molecule has 3 aromatic rings. The maximum Gasteiger partial charge on any atom is 0.222 e. The molecule has 8 heteroatoms. The first-order chi connectivity index (χ1) is 12.6. The molecule has 8 nitrogen and oxygen atoms in total. The van der Waals surface area contributed by atoms with E-state index in [0.717, 1.165) is 16.9 Å². The van der Waals surface area contributed by atoms with Crippen molar-refractivity contribution in [3.63, 3.8) is 0 Å². The Morgan fingerprint density at radius 3 is 2.85 bits per heavy atom. The molecule has 3 rings (SSSR count). The Balaban J connectivity index is 1.61. The minimum atomic E-state index is -0.443. The van der Waals surface area contributed by atoms with Crippen LogP contribution in [0.5, 0.6) is 11.5 Å². The zero-order chi connectivity index (χ0) is 18.5. The van der Waals surface area contributed by atoms with Crippen LogP contribution in [0.1, 0.15) is 23.7 Å². The van der Waals surface area contributed by atoms with E-state index in [0.29, 0.717) is 18.0 Å². The van der Waals surface area contributed by atoms with E-state index in [4.69, 9.17) is 15.2 Å². The molecule has 0 saturated carbocycles. The van der Waals surface area contributed by atoms with Crippen molar-refractivity contribution in [1.82, 2.24) is 19.7 Å². The maximum absolute atomic E-state index is 12.2. The highest BCUT2D eigenvalue weighted by atomic mass is 16.5. The zero-order valence-corrected chi connectivity index (χ0v) is 14.7. The van der Waals surface area contributed by atoms with Gasteiger partial charge in [-0.3, -0.25) is 14.2 Å². The Morgan fingerprint density at radius 1 is 1.27 bits per heavy atom. The van der Waals surface area contributed by atoms with Crippen LogP contribution in [-0.4, -0.2) is 34.5 Å². The van der Waals surface area contributed by atoms with Crippen molar-refractivity contribution >= 4 is 11.6 Å². The predicted molar refractivity (Wildman–Crippen MR) is 95.9 cm³/mol. The molecule has 2 aromatic heterocycles. The summed E-state index contributed by atoms with van der Waals surface area (Å²) in [6.07, 6.45) is 7.02. The van der Waals surface area contributed by atoms with Crippen molar-refractivity contribution < 1.29 is 14.3 Å². The maximum atomic E-state index is 12.2. The summed E-state index contributed by atoms with van der Waals surface area (Å²) in [5.41, 5.74) is 8.58. The molecule has 26 heavy (non-hydrogen) atoms. The fraction of sp³-hybridized carbons (Fsp3) is 0.278. The number of carbonyl (C=O) groups excluding carboxylic acids is 1. The van der Waals surface area contributed by atoms with Gasteiger partial charge in [0.1, 0.15) is 0 Å². The van der Waals surface area contributed by atoms with Gasteiger partial charge in [-0.1, -0.05) is 6.07 Å². The highest BCUT2D eigenvalue weighted by Gasteiger charge is 2.15. The lowest BCUT2D eigenvalue weighted by Gasteiger charge is -2.15. The van der Waals surface area contributed by atoms with Crippen molar-refractivity contribution in [2.45, 2.75) is 19.0 Å². The first kappa shape index (κ1) is 17.7. The summed E-state index contributed by atoms with van der Waals surface area (Å²) in [7, 11) is 3.13. The number of amides is 1. The van der Waals surface area contributed by atoms with E-state index in [-0.39, 0.29) is 12.3 Å². The van der Waals surface area contributed by atoms with Gasteiger partial charge >= 0.3 is 0 Å². The van der Waals surface area contributed by atoms with Gasteiger partial charge in [-0.2, -0.15) is 0 Å². The molecule has 1 amide bonds. The van der Waals surface area contributed by atoms with Gasteiger partial charge in [0.25, 0.3) is 0 Å². The zero-order valence-electron chi connectivity index (χ0n) is 14.7. The molecule has 0 aliphatic rings.